The number of rotatable bonds is 7. The van der Waals surface area contributed by atoms with E-state index in [4.69, 9.17) is 5.14 Å². The SMILES string of the molecule is CCN(CC)C(=O)CNS(=O)(=O)c1cccc(S(N)(=O)=O)c1. The smallest absolute Gasteiger partial charge is 0.241 e. The van der Waals surface area contributed by atoms with Crippen LogP contribution in [0.2, 0.25) is 0 Å². The number of hydrogen-bond acceptors (Lipinski definition) is 5. The van der Waals surface area contributed by atoms with Gasteiger partial charge in [-0.25, -0.2) is 26.7 Å². The third kappa shape index (κ3) is 4.77. The van der Waals surface area contributed by atoms with Crippen LogP contribution in [0.25, 0.3) is 0 Å². The van der Waals surface area contributed by atoms with Crippen LogP contribution in [0.5, 0.6) is 0 Å². The van der Waals surface area contributed by atoms with Gasteiger partial charge in [-0.1, -0.05) is 6.07 Å². The summed E-state index contributed by atoms with van der Waals surface area (Å²) in [6, 6.07) is 4.62. The van der Waals surface area contributed by atoms with Gasteiger partial charge < -0.3 is 4.90 Å². The maximum atomic E-state index is 12.1. The molecule has 0 fully saturated rings. The first kappa shape index (κ1) is 18.6. The maximum absolute atomic E-state index is 12.1. The Bertz CT molecular complexity index is 740. The van der Waals surface area contributed by atoms with Crippen molar-refractivity contribution in [1.82, 2.24) is 9.62 Å². The first-order valence-electron chi connectivity index (χ1n) is 6.52. The molecule has 0 heterocycles. The van der Waals surface area contributed by atoms with E-state index in [1.165, 1.54) is 23.1 Å². The highest BCUT2D eigenvalue weighted by Crippen LogP contribution is 2.14. The molecule has 0 aromatic heterocycles. The van der Waals surface area contributed by atoms with E-state index in [1.807, 2.05) is 0 Å². The van der Waals surface area contributed by atoms with Gasteiger partial charge in [-0.05, 0) is 32.0 Å². The van der Waals surface area contributed by atoms with Crippen molar-refractivity contribution in [1.29, 1.82) is 0 Å². The van der Waals surface area contributed by atoms with Crippen molar-refractivity contribution in [2.24, 2.45) is 5.14 Å². The van der Waals surface area contributed by atoms with Gasteiger partial charge in [0.25, 0.3) is 0 Å². The average Bonchev–Trinajstić information content (AvgIpc) is 2.46. The number of nitrogens with zero attached hydrogens (tertiary/aromatic N) is 1. The lowest BCUT2D eigenvalue weighted by Crippen LogP contribution is -2.40. The number of nitrogens with two attached hydrogens (primary N) is 1. The topological polar surface area (TPSA) is 127 Å². The second-order valence-corrected chi connectivity index (χ2v) is 7.74. The number of primary sulfonamides is 1. The molecule has 1 amide bonds. The van der Waals surface area contributed by atoms with Crippen molar-refractivity contribution < 1.29 is 21.6 Å². The molecule has 0 bridgehead atoms. The molecule has 124 valence electrons. The molecule has 1 aromatic carbocycles. The summed E-state index contributed by atoms with van der Waals surface area (Å²) in [6.07, 6.45) is 0. The minimum absolute atomic E-state index is 0.272. The second kappa shape index (κ2) is 7.18. The minimum atomic E-state index is -4.01. The molecule has 0 radical (unpaired) electrons. The molecule has 0 unspecified atom stereocenters. The molecule has 0 aliphatic heterocycles. The molecule has 0 saturated carbocycles. The third-order valence-electron chi connectivity index (χ3n) is 2.97. The number of carbonyl (C=O) groups is 1. The molecule has 1 aromatic rings. The summed E-state index contributed by atoms with van der Waals surface area (Å²) in [6.45, 7) is 4.11. The number of likely N-dealkylation sites (N-methyl/N-ethyl adjacent to an activating group) is 1. The highest BCUT2D eigenvalue weighted by molar-refractivity contribution is 7.90. The van der Waals surface area contributed by atoms with Crippen molar-refractivity contribution in [3.63, 3.8) is 0 Å². The summed E-state index contributed by atoms with van der Waals surface area (Å²) in [7, 11) is -8.01. The quantitative estimate of drug-likeness (QED) is 0.685. The van der Waals surface area contributed by atoms with Crippen molar-refractivity contribution in [2.75, 3.05) is 19.6 Å². The lowest BCUT2D eigenvalue weighted by atomic mass is 10.4. The van der Waals surface area contributed by atoms with Crippen LogP contribution in [0.1, 0.15) is 13.8 Å². The Morgan fingerprint density at radius 1 is 1.14 bits per heavy atom. The van der Waals surface area contributed by atoms with Crippen LogP contribution in [-0.4, -0.2) is 47.3 Å². The summed E-state index contributed by atoms with van der Waals surface area (Å²) in [5, 5.41) is 4.96. The molecule has 0 aliphatic carbocycles. The Kier molecular flexibility index (Phi) is 6.06. The van der Waals surface area contributed by atoms with Gasteiger partial charge in [-0.2, -0.15) is 0 Å². The van der Waals surface area contributed by atoms with Crippen molar-refractivity contribution in [3.05, 3.63) is 24.3 Å². The molecule has 0 aliphatic rings. The monoisotopic (exact) mass is 349 g/mol. The number of sulfonamides is 2. The molecule has 22 heavy (non-hydrogen) atoms. The number of hydrogen-bond donors (Lipinski definition) is 2. The molecule has 3 N–H and O–H groups in total. The lowest BCUT2D eigenvalue weighted by Gasteiger charge is -2.18. The van der Waals surface area contributed by atoms with Gasteiger partial charge in [0.05, 0.1) is 16.3 Å². The van der Waals surface area contributed by atoms with Crippen molar-refractivity contribution in [2.45, 2.75) is 23.6 Å². The molecule has 8 nitrogen and oxygen atoms in total. The minimum Gasteiger partial charge on any atom is -0.342 e. The van der Waals surface area contributed by atoms with E-state index in [0.717, 1.165) is 6.07 Å². The summed E-state index contributed by atoms with van der Waals surface area (Å²) in [5.41, 5.74) is 0. The average molecular weight is 349 g/mol. The zero-order valence-electron chi connectivity index (χ0n) is 12.3. The summed E-state index contributed by atoms with van der Waals surface area (Å²) in [4.78, 5) is 12.7. The predicted octanol–water partition coefficient (Wildman–Crippen LogP) is -0.519. The predicted molar refractivity (Wildman–Crippen MR) is 80.9 cm³/mol. The van der Waals surface area contributed by atoms with Gasteiger partial charge in [-0.15, -0.1) is 0 Å². The highest BCUT2D eigenvalue weighted by Gasteiger charge is 2.19. The van der Waals surface area contributed by atoms with E-state index in [0.29, 0.717) is 13.1 Å². The van der Waals surface area contributed by atoms with Gasteiger partial charge in [0, 0.05) is 13.1 Å². The highest BCUT2D eigenvalue weighted by atomic mass is 32.2. The van der Waals surface area contributed by atoms with Gasteiger partial charge in [-0.3, -0.25) is 4.79 Å². The van der Waals surface area contributed by atoms with Crippen LogP contribution < -0.4 is 9.86 Å². The Labute approximate surface area is 130 Å². The molecule has 0 atom stereocenters. The Balaban J connectivity index is 2.94. The van der Waals surface area contributed by atoms with E-state index in [-0.39, 0.29) is 15.7 Å². The van der Waals surface area contributed by atoms with Crippen LogP contribution in [0, 0.1) is 0 Å². The maximum Gasteiger partial charge on any atom is 0.241 e. The number of carbonyl (C=O) groups excluding carboxylic acids is 1. The number of amides is 1. The van der Waals surface area contributed by atoms with E-state index < -0.39 is 26.6 Å². The number of benzene rings is 1. The molecular formula is C12H19N3O5S2. The molecule has 1 rings (SSSR count). The lowest BCUT2D eigenvalue weighted by molar-refractivity contribution is -0.129. The van der Waals surface area contributed by atoms with E-state index in [1.54, 1.807) is 13.8 Å². The van der Waals surface area contributed by atoms with Gasteiger partial charge in [0.1, 0.15) is 0 Å². The molecule has 0 saturated heterocycles. The van der Waals surface area contributed by atoms with Crippen LogP contribution in [0.15, 0.2) is 34.1 Å². The van der Waals surface area contributed by atoms with Crippen LogP contribution in [0.4, 0.5) is 0 Å². The first-order valence-corrected chi connectivity index (χ1v) is 9.55. The van der Waals surface area contributed by atoms with E-state index in [9.17, 15) is 21.6 Å². The summed E-state index contributed by atoms with van der Waals surface area (Å²) < 4.78 is 48.8. The summed E-state index contributed by atoms with van der Waals surface area (Å²) in [5.74, 6) is -0.365. The fourth-order valence-electron chi connectivity index (χ4n) is 1.75. The van der Waals surface area contributed by atoms with E-state index >= 15 is 0 Å². The van der Waals surface area contributed by atoms with Crippen LogP contribution in [-0.2, 0) is 24.8 Å². The van der Waals surface area contributed by atoms with Crippen LogP contribution >= 0.6 is 0 Å². The largest absolute Gasteiger partial charge is 0.342 e. The number of nitrogens with one attached hydrogen (secondary N) is 1. The van der Waals surface area contributed by atoms with Gasteiger partial charge in [0.2, 0.25) is 26.0 Å². The van der Waals surface area contributed by atoms with Crippen LogP contribution in [0.3, 0.4) is 0 Å². The molecule has 10 heteroatoms. The second-order valence-electron chi connectivity index (χ2n) is 4.41. The first-order chi connectivity index (χ1) is 10.1. The van der Waals surface area contributed by atoms with Crippen molar-refractivity contribution in [3.8, 4) is 0 Å². The normalized spacial score (nSPS) is 12.1. The Morgan fingerprint density at radius 3 is 2.18 bits per heavy atom. The zero-order chi connectivity index (χ0) is 17.0. The third-order valence-corrected chi connectivity index (χ3v) is 5.28. The summed E-state index contributed by atoms with van der Waals surface area (Å²) >= 11 is 0. The fraction of sp³-hybridized carbons (Fsp3) is 0.417. The van der Waals surface area contributed by atoms with Gasteiger partial charge in [0.15, 0.2) is 0 Å². The van der Waals surface area contributed by atoms with Gasteiger partial charge >= 0.3 is 0 Å². The van der Waals surface area contributed by atoms with Crippen molar-refractivity contribution >= 4 is 26.0 Å². The van der Waals surface area contributed by atoms with E-state index in [2.05, 4.69) is 4.72 Å². The standard InChI is InChI=1S/C12H19N3O5S2/c1-3-15(4-2)12(16)9-14-22(19,20)11-7-5-6-10(8-11)21(13,17)18/h5-8,14H,3-4,9H2,1-2H3,(H2,13,17,18). The Morgan fingerprint density at radius 2 is 1.68 bits per heavy atom. The Hall–Kier alpha value is -1.49. The molecule has 0 spiro atoms. The molecular weight excluding hydrogens is 330 g/mol. The fourth-order valence-corrected chi connectivity index (χ4v) is 3.40. The zero-order valence-corrected chi connectivity index (χ0v) is 13.9.